The second-order valence-corrected chi connectivity index (χ2v) is 9.83. The number of halogens is 2. The lowest BCUT2D eigenvalue weighted by molar-refractivity contribution is -0.131. The molecule has 0 fully saturated rings. The zero-order valence-electron chi connectivity index (χ0n) is 16.1. The summed E-state index contributed by atoms with van der Waals surface area (Å²) in [6.45, 7) is 6.08. The summed E-state index contributed by atoms with van der Waals surface area (Å²) in [5.41, 5.74) is 1.96. The summed E-state index contributed by atoms with van der Waals surface area (Å²) >= 11 is 10.8. The molecular formula is C21H19BrClN3O2S. The Morgan fingerprint density at radius 3 is 2.52 bits per heavy atom. The Hall–Kier alpha value is -1.83. The molecule has 0 bridgehead atoms. The molecule has 2 aliphatic heterocycles. The number of aliphatic imine (C=N–C) groups is 1. The van der Waals surface area contributed by atoms with E-state index in [1.165, 1.54) is 11.8 Å². The van der Waals surface area contributed by atoms with E-state index in [4.69, 9.17) is 16.6 Å². The third-order valence-electron chi connectivity index (χ3n) is 5.21. The number of hydrogen-bond acceptors (Lipinski definition) is 5. The van der Waals surface area contributed by atoms with Crippen molar-refractivity contribution in [1.82, 2.24) is 9.88 Å². The van der Waals surface area contributed by atoms with Gasteiger partial charge < -0.3 is 10.0 Å². The summed E-state index contributed by atoms with van der Waals surface area (Å²) in [5, 5.41) is 11.1. The van der Waals surface area contributed by atoms with Crippen molar-refractivity contribution in [3.63, 3.8) is 0 Å². The summed E-state index contributed by atoms with van der Waals surface area (Å²) in [7, 11) is 0. The van der Waals surface area contributed by atoms with Crippen molar-refractivity contribution in [2.45, 2.75) is 32.4 Å². The van der Waals surface area contributed by atoms with Crippen LogP contribution < -0.4 is 0 Å². The first-order valence-electron chi connectivity index (χ1n) is 9.14. The molecule has 1 aromatic carbocycles. The van der Waals surface area contributed by atoms with Crippen LogP contribution in [0.2, 0.25) is 5.02 Å². The molecule has 8 heteroatoms. The number of carbonyl (C=O) groups is 1. The first kappa shape index (κ1) is 20.4. The lowest BCUT2D eigenvalue weighted by atomic mass is 9.83. The van der Waals surface area contributed by atoms with Crippen LogP contribution in [-0.4, -0.2) is 26.1 Å². The summed E-state index contributed by atoms with van der Waals surface area (Å²) < 4.78 is 0.884. The van der Waals surface area contributed by atoms with Gasteiger partial charge in [0, 0.05) is 21.4 Å². The van der Waals surface area contributed by atoms with Gasteiger partial charge in [0.05, 0.1) is 5.69 Å². The van der Waals surface area contributed by atoms with Gasteiger partial charge in [-0.25, -0.2) is 9.79 Å². The van der Waals surface area contributed by atoms with E-state index in [1.807, 2.05) is 50.2 Å². The largest absolute Gasteiger partial charge is 0.477 e. The standard InChI is InChI=1S/C21H19BrClN3O2S/c1-11(2)16-17(19(27)28)29-20-25-21(3,12-4-7-14(23)8-5-12)18(26(16)20)15-9-6-13(22)10-24-15/h4-11,18H,1-3H3,(H,27,28)/t18-,21+/m1/s1. The van der Waals surface area contributed by atoms with Crippen LogP contribution >= 0.6 is 39.3 Å². The van der Waals surface area contributed by atoms with Gasteiger partial charge in [0.1, 0.15) is 16.5 Å². The highest BCUT2D eigenvalue weighted by atomic mass is 79.9. The lowest BCUT2D eigenvalue weighted by Gasteiger charge is -2.36. The van der Waals surface area contributed by atoms with Crippen LogP contribution in [0, 0.1) is 5.92 Å². The summed E-state index contributed by atoms with van der Waals surface area (Å²) in [5.74, 6) is -0.904. The average molecular weight is 493 g/mol. The number of thioether (sulfide) groups is 1. The van der Waals surface area contributed by atoms with E-state index in [9.17, 15) is 9.90 Å². The summed E-state index contributed by atoms with van der Waals surface area (Å²) in [6.07, 6.45) is 1.76. The molecule has 4 rings (SSSR count). The van der Waals surface area contributed by atoms with Gasteiger partial charge in [-0.1, -0.05) is 37.6 Å². The van der Waals surface area contributed by atoms with Crippen LogP contribution in [0.15, 0.2) is 62.7 Å². The molecule has 0 radical (unpaired) electrons. The van der Waals surface area contributed by atoms with Crippen LogP contribution in [-0.2, 0) is 10.3 Å². The van der Waals surface area contributed by atoms with Crippen LogP contribution in [0.5, 0.6) is 0 Å². The molecule has 0 saturated carbocycles. The third kappa shape index (κ3) is 3.39. The molecule has 0 unspecified atom stereocenters. The molecule has 0 saturated heterocycles. The zero-order valence-corrected chi connectivity index (χ0v) is 19.2. The molecule has 3 heterocycles. The number of rotatable bonds is 4. The van der Waals surface area contributed by atoms with Crippen molar-refractivity contribution in [3.05, 3.63) is 73.9 Å². The summed E-state index contributed by atoms with van der Waals surface area (Å²) in [4.78, 5) is 24.0. The summed E-state index contributed by atoms with van der Waals surface area (Å²) in [6, 6.07) is 11.3. The molecule has 1 aromatic heterocycles. The molecule has 150 valence electrons. The SMILES string of the molecule is CC(C)C1=C(C(=O)O)SC2=N[C@@](C)(c3ccc(Cl)cc3)[C@@H](c3ccc(Br)cn3)N21. The minimum Gasteiger partial charge on any atom is -0.477 e. The number of benzene rings is 1. The lowest BCUT2D eigenvalue weighted by Crippen LogP contribution is -2.36. The van der Waals surface area contributed by atoms with Crippen molar-refractivity contribution in [1.29, 1.82) is 0 Å². The van der Waals surface area contributed by atoms with E-state index in [0.717, 1.165) is 21.4 Å². The van der Waals surface area contributed by atoms with E-state index in [1.54, 1.807) is 6.20 Å². The monoisotopic (exact) mass is 491 g/mol. The van der Waals surface area contributed by atoms with Crippen LogP contribution in [0.3, 0.4) is 0 Å². The highest BCUT2D eigenvalue weighted by Crippen LogP contribution is 2.55. The minimum atomic E-state index is -0.925. The number of pyridine rings is 1. The number of carboxylic acids is 1. The van der Waals surface area contributed by atoms with E-state index in [-0.39, 0.29) is 12.0 Å². The highest BCUT2D eigenvalue weighted by Gasteiger charge is 2.53. The Morgan fingerprint density at radius 1 is 1.28 bits per heavy atom. The average Bonchev–Trinajstić information content (AvgIpc) is 3.16. The second kappa shape index (κ2) is 7.45. The molecule has 0 amide bonds. The molecule has 2 atom stereocenters. The van der Waals surface area contributed by atoms with Crippen LogP contribution in [0.4, 0.5) is 0 Å². The fourth-order valence-corrected chi connectivity index (χ4v) is 5.52. The molecule has 0 spiro atoms. The quantitative estimate of drug-likeness (QED) is 0.582. The Morgan fingerprint density at radius 2 is 1.97 bits per heavy atom. The number of amidine groups is 1. The smallest absolute Gasteiger partial charge is 0.344 e. The van der Waals surface area contributed by atoms with Gasteiger partial charge in [0.15, 0.2) is 5.17 Å². The molecule has 5 nitrogen and oxygen atoms in total. The predicted molar refractivity (Wildman–Crippen MR) is 120 cm³/mol. The maximum atomic E-state index is 11.9. The Balaban J connectivity index is 1.92. The Kier molecular flexibility index (Phi) is 5.25. The van der Waals surface area contributed by atoms with Gasteiger partial charge in [-0.05, 0) is 70.4 Å². The number of hydrogen-bond donors (Lipinski definition) is 1. The predicted octanol–water partition coefficient (Wildman–Crippen LogP) is 5.82. The van der Waals surface area contributed by atoms with Crippen LogP contribution in [0.1, 0.15) is 38.1 Å². The van der Waals surface area contributed by atoms with E-state index >= 15 is 0 Å². The van der Waals surface area contributed by atoms with E-state index in [0.29, 0.717) is 15.1 Å². The second-order valence-electron chi connectivity index (χ2n) is 7.50. The third-order valence-corrected chi connectivity index (χ3v) is 6.99. The molecular weight excluding hydrogens is 474 g/mol. The van der Waals surface area contributed by atoms with E-state index in [2.05, 4.69) is 32.7 Å². The highest BCUT2D eigenvalue weighted by molar-refractivity contribution is 9.10. The molecule has 29 heavy (non-hydrogen) atoms. The Labute approximate surface area is 187 Å². The molecule has 2 aliphatic rings. The topological polar surface area (TPSA) is 65.8 Å². The number of fused-ring (bicyclic) bond motifs is 1. The van der Waals surface area contributed by atoms with E-state index < -0.39 is 11.5 Å². The fraction of sp³-hybridized carbons (Fsp3) is 0.286. The van der Waals surface area contributed by atoms with Crippen LogP contribution in [0.25, 0.3) is 0 Å². The van der Waals surface area contributed by atoms with Gasteiger partial charge in [0.2, 0.25) is 0 Å². The van der Waals surface area contributed by atoms with Gasteiger partial charge in [-0.3, -0.25) is 4.98 Å². The van der Waals surface area contributed by atoms with Crippen molar-refractivity contribution in [2.75, 3.05) is 0 Å². The van der Waals surface area contributed by atoms with Crippen molar-refractivity contribution < 1.29 is 9.90 Å². The number of aromatic nitrogens is 1. The molecule has 1 N–H and O–H groups in total. The molecule has 0 aliphatic carbocycles. The van der Waals surface area contributed by atoms with Gasteiger partial charge in [-0.15, -0.1) is 0 Å². The molecule has 2 aromatic rings. The van der Waals surface area contributed by atoms with Crippen molar-refractivity contribution in [2.24, 2.45) is 10.9 Å². The normalized spacial score (nSPS) is 23.6. The van der Waals surface area contributed by atoms with Crippen molar-refractivity contribution in [3.8, 4) is 0 Å². The fourth-order valence-electron chi connectivity index (χ4n) is 3.92. The maximum absolute atomic E-state index is 11.9. The first-order chi connectivity index (χ1) is 13.7. The Bertz CT molecular complexity index is 1040. The number of allylic oxidation sites excluding steroid dienone is 1. The van der Waals surface area contributed by atoms with Gasteiger partial charge >= 0.3 is 5.97 Å². The number of nitrogens with zero attached hydrogens (tertiary/aromatic N) is 3. The van der Waals surface area contributed by atoms with Crippen molar-refractivity contribution >= 4 is 50.4 Å². The number of aliphatic carboxylic acids is 1. The maximum Gasteiger partial charge on any atom is 0.344 e. The minimum absolute atomic E-state index is 0.0202. The number of carboxylic acid groups (broad SMARTS) is 1. The van der Waals surface area contributed by atoms with Gasteiger partial charge in [-0.2, -0.15) is 0 Å². The zero-order chi connectivity index (χ0) is 20.9. The first-order valence-corrected chi connectivity index (χ1v) is 11.1. The van der Waals surface area contributed by atoms with Gasteiger partial charge in [0.25, 0.3) is 0 Å².